The van der Waals surface area contributed by atoms with Crippen molar-refractivity contribution >= 4 is 16.7 Å². The molecule has 3 nitrogen and oxygen atoms in total. The molecule has 1 fully saturated rings. The number of hydrogen-bond donors (Lipinski definition) is 1. The van der Waals surface area contributed by atoms with Gasteiger partial charge in [-0.25, -0.2) is 0 Å². The van der Waals surface area contributed by atoms with E-state index < -0.39 is 0 Å². The van der Waals surface area contributed by atoms with Gasteiger partial charge in [0.05, 0.1) is 6.61 Å². The zero-order valence-electron chi connectivity index (χ0n) is 11.9. The lowest BCUT2D eigenvalue weighted by Gasteiger charge is -2.08. The first-order valence-electron chi connectivity index (χ1n) is 7.57. The number of hydrogen-bond acceptors (Lipinski definition) is 2. The van der Waals surface area contributed by atoms with E-state index in [0.29, 0.717) is 12.4 Å². The second kappa shape index (κ2) is 5.70. The second-order valence-corrected chi connectivity index (χ2v) is 5.60. The van der Waals surface area contributed by atoms with Gasteiger partial charge in [-0.2, -0.15) is 0 Å². The molecule has 1 aliphatic rings. The molecule has 106 valence electrons. The Morgan fingerprint density at radius 2 is 2.15 bits per heavy atom. The van der Waals surface area contributed by atoms with E-state index in [1.807, 2.05) is 24.4 Å². The summed E-state index contributed by atoms with van der Waals surface area (Å²) in [5.74, 6) is 1.36. The fourth-order valence-corrected chi connectivity index (χ4v) is 3.02. The van der Waals surface area contributed by atoms with Crippen LogP contribution in [0.2, 0.25) is 0 Å². The molecule has 3 heteroatoms. The highest BCUT2D eigenvalue weighted by Crippen LogP contribution is 2.31. The van der Waals surface area contributed by atoms with Gasteiger partial charge < -0.3 is 9.72 Å². The van der Waals surface area contributed by atoms with Crippen molar-refractivity contribution < 1.29 is 9.53 Å². The molecule has 2 aromatic rings. The van der Waals surface area contributed by atoms with Crippen LogP contribution in [0, 0.1) is 5.92 Å². The molecule has 0 spiro atoms. The van der Waals surface area contributed by atoms with Crippen molar-refractivity contribution in [2.24, 2.45) is 5.92 Å². The summed E-state index contributed by atoms with van der Waals surface area (Å²) in [6, 6.07) is 5.94. The quantitative estimate of drug-likeness (QED) is 0.822. The number of aromatic amines is 1. The molecule has 0 saturated heterocycles. The fraction of sp³-hybridized carbons (Fsp3) is 0.471. The number of carbonyl (C=O) groups is 1. The lowest BCUT2D eigenvalue weighted by molar-refractivity contribution is 0.0924. The SMILES string of the molecule is CCCOc1ccc2[nH]cc(C(=O)C3CCCC3)c2c1. The second-order valence-electron chi connectivity index (χ2n) is 5.60. The van der Waals surface area contributed by atoms with Gasteiger partial charge in [0.2, 0.25) is 0 Å². The molecular weight excluding hydrogens is 250 g/mol. The van der Waals surface area contributed by atoms with Crippen LogP contribution < -0.4 is 4.74 Å². The number of nitrogens with one attached hydrogen (secondary N) is 1. The summed E-state index contributed by atoms with van der Waals surface area (Å²) in [4.78, 5) is 15.8. The van der Waals surface area contributed by atoms with Crippen molar-refractivity contribution in [1.29, 1.82) is 0 Å². The van der Waals surface area contributed by atoms with E-state index in [1.165, 1.54) is 12.8 Å². The van der Waals surface area contributed by atoms with Gasteiger partial charge in [0.15, 0.2) is 5.78 Å². The average molecular weight is 271 g/mol. The zero-order valence-corrected chi connectivity index (χ0v) is 11.9. The Morgan fingerprint density at radius 1 is 1.35 bits per heavy atom. The minimum Gasteiger partial charge on any atom is -0.494 e. The molecule has 0 atom stereocenters. The molecule has 1 heterocycles. The van der Waals surface area contributed by atoms with Crippen LogP contribution in [0.25, 0.3) is 10.9 Å². The van der Waals surface area contributed by atoms with E-state index in [1.54, 1.807) is 0 Å². The Balaban J connectivity index is 1.91. The molecule has 1 saturated carbocycles. The molecule has 0 bridgehead atoms. The van der Waals surface area contributed by atoms with Gasteiger partial charge >= 0.3 is 0 Å². The first-order chi connectivity index (χ1) is 9.79. The normalized spacial score (nSPS) is 15.8. The molecule has 0 aliphatic heterocycles. The van der Waals surface area contributed by atoms with Gasteiger partial charge in [-0.1, -0.05) is 19.8 Å². The van der Waals surface area contributed by atoms with Gasteiger partial charge in [-0.15, -0.1) is 0 Å². The maximum Gasteiger partial charge on any atom is 0.168 e. The summed E-state index contributed by atoms with van der Waals surface area (Å²) in [5.41, 5.74) is 1.84. The third-order valence-corrected chi connectivity index (χ3v) is 4.12. The first-order valence-corrected chi connectivity index (χ1v) is 7.57. The largest absolute Gasteiger partial charge is 0.494 e. The topological polar surface area (TPSA) is 42.1 Å². The van der Waals surface area contributed by atoms with Gasteiger partial charge in [0, 0.05) is 28.6 Å². The fourth-order valence-electron chi connectivity index (χ4n) is 3.02. The number of H-pyrrole nitrogens is 1. The van der Waals surface area contributed by atoms with Gasteiger partial charge in [0.25, 0.3) is 0 Å². The Hall–Kier alpha value is -1.77. The molecule has 0 radical (unpaired) electrons. The first kappa shape index (κ1) is 13.2. The predicted octanol–water partition coefficient (Wildman–Crippen LogP) is 4.33. The highest BCUT2D eigenvalue weighted by atomic mass is 16.5. The van der Waals surface area contributed by atoms with E-state index >= 15 is 0 Å². The summed E-state index contributed by atoms with van der Waals surface area (Å²) in [5, 5.41) is 0.996. The molecule has 1 N–H and O–H groups in total. The zero-order chi connectivity index (χ0) is 13.9. The molecule has 0 amide bonds. The van der Waals surface area contributed by atoms with Crippen LogP contribution in [0.4, 0.5) is 0 Å². The third kappa shape index (κ3) is 2.45. The summed E-state index contributed by atoms with van der Waals surface area (Å²) in [6.45, 7) is 2.80. The number of Topliss-reactive ketones (excluding diaryl/α,β-unsaturated/α-hetero) is 1. The predicted molar refractivity (Wildman–Crippen MR) is 80.4 cm³/mol. The van der Waals surface area contributed by atoms with Crippen LogP contribution in [0.5, 0.6) is 5.75 Å². The standard InChI is InChI=1S/C17H21NO2/c1-2-9-20-13-7-8-16-14(10-13)15(11-18-16)17(19)12-5-3-4-6-12/h7-8,10-12,18H,2-6,9H2,1H3. The average Bonchev–Trinajstić information content (AvgIpc) is 3.13. The molecule has 1 aromatic carbocycles. The van der Waals surface area contributed by atoms with Gasteiger partial charge in [-0.05, 0) is 37.5 Å². The number of aromatic nitrogens is 1. The summed E-state index contributed by atoms with van der Waals surface area (Å²) in [7, 11) is 0. The van der Waals surface area contributed by atoms with Crippen molar-refractivity contribution in [3.63, 3.8) is 0 Å². The minimum atomic E-state index is 0.217. The van der Waals surface area contributed by atoms with E-state index in [0.717, 1.165) is 41.5 Å². The Bertz CT molecular complexity index is 608. The van der Waals surface area contributed by atoms with Crippen LogP contribution in [0.1, 0.15) is 49.4 Å². The molecular formula is C17H21NO2. The molecule has 1 aliphatic carbocycles. The van der Waals surface area contributed by atoms with Crippen molar-refractivity contribution in [2.45, 2.75) is 39.0 Å². The lowest BCUT2D eigenvalue weighted by Crippen LogP contribution is -2.10. The minimum absolute atomic E-state index is 0.217. The lowest BCUT2D eigenvalue weighted by atomic mass is 9.96. The number of rotatable bonds is 5. The molecule has 1 aromatic heterocycles. The van der Waals surface area contributed by atoms with Crippen LogP contribution in [0.3, 0.4) is 0 Å². The van der Waals surface area contributed by atoms with Crippen LogP contribution >= 0.6 is 0 Å². The van der Waals surface area contributed by atoms with Crippen LogP contribution in [-0.4, -0.2) is 17.4 Å². The molecule has 0 unspecified atom stereocenters. The van der Waals surface area contributed by atoms with Crippen LogP contribution in [0.15, 0.2) is 24.4 Å². The number of carbonyl (C=O) groups excluding carboxylic acids is 1. The highest BCUT2D eigenvalue weighted by Gasteiger charge is 2.25. The smallest absolute Gasteiger partial charge is 0.168 e. The van der Waals surface area contributed by atoms with Crippen LogP contribution in [-0.2, 0) is 0 Å². The number of benzene rings is 1. The van der Waals surface area contributed by atoms with E-state index in [-0.39, 0.29) is 5.92 Å². The van der Waals surface area contributed by atoms with E-state index in [4.69, 9.17) is 4.74 Å². The van der Waals surface area contributed by atoms with E-state index in [2.05, 4.69) is 11.9 Å². The van der Waals surface area contributed by atoms with Gasteiger partial charge in [-0.3, -0.25) is 4.79 Å². The van der Waals surface area contributed by atoms with E-state index in [9.17, 15) is 4.79 Å². The summed E-state index contributed by atoms with van der Waals surface area (Å²) in [6.07, 6.45) is 7.29. The molecule has 3 rings (SSSR count). The summed E-state index contributed by atoms with van der Waals surface area (Å²) >= 11 is 0. The maximum absolute atomic E-state index is 12.6. The van der Waals surface area contributed by atoms with Crippen molar-refractivity contribution in [1.82, 2.24) is 4.98 Å². The van der Waals surface area contributed by atoms with Gasteiger partial charge in [0.1, 0.15) is 5.75 Å². The van der Waals surface area contributed by atoms with Crippen molar-refractivity contribution in [3.8, 4) is 5.75 Å². The highest BCUT2D eigenvalue weighted by molar-refractivity contribution is 6.09. The Morgan fingerprint density at radius 3 is 2.90 bits per heavy atom. The summed E-state index contributed by atoms with van der Waals surface area (Å²) < 4.78 is 5.67. The maximum atomic E-state index is 12.6. The molecule has 20 heavy (non-hydrogen) atoms. The Kier molecular flexibility index (Phi) is 3.77. The number of ether oxygens (including phenoxy) is 1. The van der Waals surface area contributed by atoms with Crippen molar-refractivity contribution in [2.75, 3.05) is 6.61 Å². The number of ketones is 1. The van der Waals surface area contributed by atoms with Crippen molar-refractivity contribution in [3.05, 3.63) is 30.0 Å². The Labute approximate surface area is 119 Å². The number of fused-ring (bicyclic) bond motifs is 1. The monoisotopic (exact) mass is 271 g/mol. The third-order valence-electron chi connectivity index (χ3n) is 4.12.